The summed E-state index contributed by atoms with van der Waals surface area (Å²) in [6.07, 6.45) is -1.38. The predicted octanol–water partition coefficient (Wildman–Crippen LogP) is 4.14. The van der Waals surface area contributed by atoms with Gasteiger partial charge in [0.15, 0.2) is 0 Å². The third-order valence-corrected chi connectivity index (χ3v) is 4.40. The smallest absolute Gasteiger partial charge is 0.406 e. The Bertz CT molecular complexity index is 652. The lowest BCUT2D eigenvalue weighted by atomic mass is 9.60. The van der Waals surface area contributed by atoms with Gasteiger partial charge in [0, 0.05) is 11.6 Å². The van der Waals surface area contributed by atoms with Crippen molar-refractivity contribution in [2.24, 2.45) is 0 Å². The molecule has 0 radical (unpaired) electrons. The number of aliphatic hydroxyl groups excluding tert-OH is 1. The van der Waals surface area contributed by atoms with Crippen LogP contribution in [-0.2, 0) is 5.41 Å². The van der Waals surface area contributed by atoms with Gasteiger partial charge in [-0.2, -0.15) is 0 Å². The first-order valence-corrected chi connectivity index (χ1v) is 7.36. The van der Waals surface area contributed by atoms with Crippen molar-refractivity contribution in [1.82, 2.24) is 4.98 Å². The quantitative estimate of drug-likeness (QED) is 0.920. The molecule has 6 heteroatoms. The zero-order valence-electron chi connectivity index (χ0n) is 12.3. The minimum Gasteiger partial charge on any atom is -0.406 e. The van der Waals surface area contributed by atoms with Crippen LogP contribution in [0.3, 0.4) is 0 Å². The van der Waals surface area contributed by atoms with E-state index in [9.17, 15) is 18.3 Å². The average molecular weight is 323 g/mol. The highest BCUT2D eigenvalue weighted by Gasteiger charge is 2.46. The Morgan fingerprint density at radius 3 is 2.26 bits per heavy atom. The largest absolute Gasteiger partial charge is 0.573 e. The second kappa shape index (κ2) is 5.85. The summed E-state index contributed by atoms with van der Waals surface area (Å²) in [5.74, 6) is -0.261. The number of pyridine rings is 1. The summed E-state index contributed by atoms with van der Waals surface area (Å²) in [6.45, 7) is 0. The maximum atomic E-state index is 12.2. The molecule has 1 atom stereocenters. The van der Waals surface area contributed by atoms with Gasteiger partial charge in [-0.1, -0.05) is 24.6 Å². The SMILES string of the molecule is O[C@H](c1ccccn1)C1(c2ccc(OC(F)(F)F)cc2)CCC1. The maximum Gasteiger partial charge on any atom is 0.573 e. The summed E-state index contributed by atoms with van der Waals surface area (Å²) in [7, 11) is 0. The highest BCUT2D eigenvalue weighted by Crippen LogP contribution is 2.52. The first-order chi connectivity index (χ1) is 10.9. The third kappa shape index (κ3) is 3.17. The van der Waals surface area contributed by atoms with Crippen molar-refractivity contribution in [3.63, 3.8) is 0 Å². The molecule has 1 aliphatic carbocycles. The van der Waals surface area contributed by atoms with E-state index < -0.39 is 17.9 Å². The van der Waals surface area contributed by atoms with E-state index in [-0.39, 0.29) is 5.75 Å². The Morgan fingerprint density at radius 1 is 1.09 bits per heavy atom. The molecule has 1 N–H and O–H groups in total. The molecule has 0 unspecified atom stereocenters. The van der Waals surface area contributed by atoms with Crippen LogP contribution in [0.4, 0.5) is 13.2 Å². The minimum atomic E-state index is -4.71. The van der Waals surface area contributed by atoms with Gasteiger partial charge in [0.25, 0.3) is 0 Å². The van der Waals surface area contributed by atoms with Crippen molar-refractivity contribution >= 4 is 0 Å². The van der Waals surface area contributed by atoms with Crippen LogP contribution in [0, 0.1) is 0 Å². The Hall–Kier alpha value is -2.08. The van der Waals surface area contributed by atoms with Crippen LogP contribution in [0.15, 0.2) is 48.7 Å². The van der Waals surface area contributed by atoms with Gasteiger partial charge >= 0.3 is 6.36 Å². The molecular formula is C17H16F3NO2. The molecule has 122 valence electrons. The Morgan fingerprint density at radius 2 is 1.78 bits per heavy atom. The lowest BCUT2D eigenvalue weighted by Crippen LogP contribution is -2.40. The number of hydrogen-bond donors (Lipinski definition) is 1. The van der Waals surface area contributed by atoms with Crippen LogP contribution in [0.25, 0.3) is 0 Å². The molecule has 1 heterocycles. The molecule has 1 aromatic carbocycles. The zero-order chi connectivity index (χ0) is 16.5. The monoisotopic (exact) mass is 323 g/mol. The van der Waals surface area contributed by atoms with E-state index in [1.807, 2.05) is 0 Å². The number of hydrogen-bond acceptors (Lipinski definition) is 3. The Balaban J connectivity index is 1.86. The molecule has 2 aromatic rings. The lowest BCUT2D eigenvalue weighted by Gasteiger charge is -2.45. The molecule has 1 saturated carbocycles. The topological polar surface area (TPSA) is 42.4 Å². The number of rotatable bonds is 4. The summed E-state index contributed by atoms with van der Waals surface area (Å²) in [5, 5.41) is 10.7. The third-order valence-electron chi connectivity index (χ3n) is 4.40. The molecule has 0 aliphatic heterocycles. The number of aliphatic hydroxyl groups is 1. The van der Waals surface area contributed by atoms with Crippen LogP contribution in [-0.4, -0.2) is 16.5 Å². The van der Waals surface area contributed by atoms with E-state index in [0.29, 0.717) is 5.69 Å². The van der Waals surface area contributed by atoms with Crippen LogP contribution in [0.2, 0.25) is 0 Å². The summed E-state index contributed by atoms with van der Waals surface area (Å²) in [6, 6.07) is 11.1. The van der Waals surface area contributed by atoms with Crippen LogP contribution in [0.5, 0.6) is 5.75 Å². The number of alkyl halides is 3. The van der Waals surface area contributed by atoms with Gasteiger partial charge in [-0.25, -0.2) is 0 Å². The van der Waals surface area contributed by atoms with Gasteiger partial charge in [0.2, 0.25) is 0 Å². The van der Waals surface area contributed by atoms with Gasteiger partial charge in [0.1, 0.15) is 11.9 Å². The molecule has 1 aliphatic rings. The molecule has 1 aromatic heterocycles. The van der Waals surface area contributed by atoms with Crippen molar-refractivity contribution in [2.45, 2.75) is 37.1 Å². The predicted molar refractivity (Wildman–Crippen MR) is 77.9 cm³/mol. The molecule has 23 heavy (non-hydrogen) atoms. The van der Waals surface area contributed by atoms with Crippen LogP contribution >= 0.6 is 0 Å². The highest BCUT2D eigenvalue weighted by atomic mass is 19.4. The first kappa shape index (κ1) is 15.8. The molecule has 3 nitrogen and oxygen atoms in total. The zero-order valence-corrected chi connectivity index (χ0v) is 12.3. The van der Waals surface area contributed by atoms with E-state index in [4.69, 9.17) is 0 Å². The van der Waals surface area contributed by atoms with Crippen molar-refractivity contribution < 1.29 is 23.0 Å². The Kier molecular flexibility index (Phi) is 4.02. The van der Waals surface area contributed by atoms with Crippen molar-refractivity contribution in [2.75, 3.05) is 0 Å². The van der Waals surface area contributed by atoms with E-state index in [1.165, 1.54) is 12.1 Å². The molecule has 0 saturated heterocycles. The molecule has 0 bridgehead atoms. The second-order valence-electron chi connectivity index (χ2n) is 5.74. The van der Waals surface area contributed by atoms with E-state index >= 15 is 0 Å². The standard InChI is InChI=1S/C17H16F3NO2/c18-17(19,20)23-13-7-5-12(6-8-13)16(9-3-10-16)15(22)14-4-1-2-11-21-14/h1-2,4-8,11,15,22H,3,9-10H2/t15-/m1/s1. The number of nitrogens with zero attached hydrogens (tertiary/aromatic N) is 1. The molecule has 3 rings (SSSR count). The summed E-state index contributed by atoms with van der Waals surface area (Å²) in [4.78, 5) is 4.19. The van der Waals surface area contributed by atoms with Crippen LogP contribution < -0.4 is 4.74 Å². The summed E-state index contributed by atoms with van der Waals surface area (Å²) >= 11 is 0. The Labute approximate surface area is 131 Å². The minimum absolute atomic E-state index is 0.261. The number of halogens is 3. The number of aromatic nitrogens is 1. The molecule has 1 fully saturated rings. The van der Waals surface area contributed by atoms with Crippen molar-refractivity contribution in [3.8, 4) is 5.75 Å². The normalized spacial score (nSPS) is 18.1. The van der Waals surface area contributed by atoms with E-state index in [0.717, 1.165) is 24.8 Å². The van der Waals surface area contributed by atoms with Crippen molar-refractivity contribution in [1.29, 1.82) is 0 Å². The van der Waals surface area contributed by atoms with Gasteiger partial charge < -0.3 is 9.84 Å². The molecule has 0 amide bonds. The maximum absolute atomic E-state index is 12.2. The fourth-order valence-electron chi connectivity index (χ4n) is 3.09. The van der Waals surface area contributed by atoms with Gasteiger partial charge in [-0.15, -0.1) is 13.2 Å². The lowest BCUT2D eigenvalue weighted by molar-refractivity contribution is -0.274. The van der Waals surface area contributed by atoms with E-state index in [1.54, 1.807) is 36.5 Å². The highest BCUT2D eigenvalue weighted by molar-refractivity contribution is 5.36. The van der Waals surface area contributed by atoms with E-state index in [2.05, 4.69) is 9.72 Å². The number of benzene rings is 1. The average Bonchev–Trinajstić information content (AvgIpc) is 2.47. The fraction of sp³-hybridized carbons (Fsp3) is 0.353. The second-order valence-corrected chi connectivity index (χ2v) is 5.74. The summed E-state index contributed by atoms with van der Waals surface area (Å²) in [5.41, 5.74) is 0.879. The van der Waals surface area contributed by atoms with Gasteiger partial charge in [0.05, 0.1) is 5.69 Å². The molecule has 0 spiro atoms. The number of ether oxygens (including phenoxy) is 1. The van der Waals surface area contributed by atoms with Crippen molar-refractivity contribution in [3.05, 3.63) is 59.9 Å². The molecular weight excluding hydrogens is 307 g/mol. The summed E-state index contributed by atoms with van der Waals surface area (Å²) < 4.78 is 40.6. The first-order valence-electron chi connectivity index (χ1n) is 7.36. The van der Waals surface area contributed by atoms with Crippen LogP contribution in [0.1, 0.15) is 36.6 Å². The van der Waals surface area contributed by atoms with Gasteiger partial charge in [-0.3, -0.25) is 4.98 Å². The van der Waals surface area contributed by atoms with Gasteiger partial charge in [-0.05, 0) is 42.7 Å². The fourth-order valence-corrected chi connectivity index (χ4v) is 3.09.